The molecule has 48 heavy (non-hydrogen) atoms. The average Bonchev–Trinajstić information content (AvgIpc) is 3.20. The third kappa shape index (κ3) is 8.01. The molecular weight excluding hydrogens is 665 g/mol. The van der Waals surface area contributed by atoms with E-state index in [0.29, 0.717) is 17.3 Å². The fraction of sp³-hybridized carbons (Fsp3) is 0.316. The molecule has 3 unspecified atom stereocenters. The highest BCUT2D eigenvalue weighted by atomic mass is 35.5. The van der Waals surface area contributed by atoms with Gasteiger partial charge in [-0.05, 0) is 72.1 Å². The number of piperazine rings is 1. The SMILES string of the molecule is COc1ccc(C2Sc3cc(Cl)ccc3N(CCCN3CCN(C(c4ccccc4)c4ccc(Cl)cc4)CC3)C(=O)C2OC(C)=O)cc1. The summed E-state index contributed by atoms with van der Waals surface area (Å²) in [6.07, 6.45) is -0.240. The van der Waals surface area contributed by atoms with E-state index in [9.17, 15) is 9.59 Å². The molecule has 1 saturated heterocycles. The summed E-state index contributed by atoms with van der Waals surface area (Å²) >= 11 is 14.2. The van der Waals surface area contributed by atoms with Crippen molar-refractivity contribution in [2.75, 3.05) is 51.3 Å². The molecule has 2 heterocycles. The number of rotatable bonds is 10. The molecule has 4 aromatic carbocycles. The molecule has 3 atom stereocenters. The Bertz CT molecular complexity index is 1700. The summed E-state index contributed by atoms with van der Waals surface area (Å²) in [6, 6.07) is 32.0. The normalized spacial score (nSPS) is 19.3. The highest BCUT2D eigenvalue weighted by Crippen LogP contribution is 2.48. The van der Waals surface area contributed by atoms with E-state index < -0.39 is 17.3 Å². The van der Waals surface area contributed by atoms with Crippen molar-refractivity contribution in [3.63, 3.8) is 0 Å². The first-order valence-electron chi connectivity index (χ1n) is 16.2. The lowest BCUT2D eigenvalue weighted by Gasteiger charge is -2.40. The second-order valence-corrected chi connectivity index (χ2v) is 14.1. The number of nitrogens with zero attached hydrogens (tertiary/aromatic N) is 3. The van der Waals surface area contributed by atoms with Crippen LogP contribution >= 0.6 is 35.0 Å². The largest absolute Gasteiger partial charge is 0.497 e. The van der Waals surface area contributed by atoms with E-state index in [-0.39, 0.29) is 11.9 Å². The second kappa shape index (κ2) is 15.8. The van der Waals surface area contributed by atoms with E-state index in [4.69, 9.17) is 32.7 Å². The van der Waals surface area contributed by atoms with Gasteiger partial charge in [-0.2, -0.15) is 0 Å². The highest BCUT2D eigenvalue weighted by molar-refractivity contribution is 7.99. The summed E-state index contributed by atoms with van der Waals surface area (Å²) < 4.78 is 11.1. The lowest BCUT2D eigenvalue weighted by atomic mass is 9.96. The van der Waals surface area contributed by atoms with Crippen molar-refractivity contribution in [3.8, 4) is 5.75 Å². The van der Waals surface area contributed by atoms with Crippen molar-refractivity contribution in [1.82, 2.24) is 9.80 Å². The number of methoxy groups -OCH3 is 1. The Balaban J connectivity index is 1.15. The fourth-order valence-electron chi connectivity index (χ4n) is 6.56. The number of hydrogen-bond donors (Lipinski definition) is 0. The maximum atomic E-state index is 14.3. The van der Waals surface area contributed by atoms with Crippen LogP contribution in [-0.4, -0.2) is 74.2 Å². The number of thioether (sulfide) groups is 1. The topological polar surface area (TPSA) is 62.3 Å². The second-order valence-electron chi connectivity index (χ2n) is 12.0. The van der Waals surface area contributed by atoms with Crippen molar-refractivity contribution in [1.29, 1.82) is 0 Å². The van der Waals surface area contributed by atoms with Crippen LogP contribution in [0, 0.1) is 0 Å². The van der Waals surface area contributed by atoms with E-state index in [0.717, 1.165) is 60.3 Å². The van der Waals surface area contributed by atoms with Gasteiger partial charge in [-0.15, -0.1) is 11.8 Å². The van der Waals surface area contributed by atoms with Crippen molar-refractivity contribution >= 4 is 52.5 Å². The van der Waals surface area contributed by atoms with Crippen LogP contribution in [0.4, 0.5) is 5.69 Å². The van der Waals surface area contributed by atoms with Crippen molar-refractivity contribution in [2.45, 2.75) is 35.6 Å². The predicted octanol–water partition coefficient (Wildman–Crippen LogP) is 7.91. The van der Waals surface area contributed by atoms with Crippen LogP contribution in [-0.2, 0) is 14.3 Å². The van der Waals surface area contributed by atoms with Gasteiger partial charge in [0.25, 0.3) is 5.91 Å². The molecule has 0 radical (unpaired) electrons. The van der Waals surface area contributed by atoms with Crippen LogP contribution in [0.2, 0.25) is 10.0 Å². The molecular formula is C38H39Cl2N3O4S. The first kappa shape index (κ1) is 34.3. The van der Waals surface area contributed by atoms with Gasteiger partial charge in [0.05, 0.1) is 24.1 Å². The smallest absolute Gasteiger partial charge is 0.303 e. The fourth-order valence-corrected chi connectivity index (χ4v) is 8.28. The van der Waals surface area contributed by atoms with E-state index >= 15 is 0 Å². The summed E-state index contributed by atoms with van der Waals surface area (Å²) in [4.78, 5) is 34.2. The third-order valence-corrected chi connectivity index (χ3v) is 10.8. The number of fused-ring (bicyclic) bond motifs is 1. The Morgan fingerprint density at radius 1 is 0.854 bits per heavy atom. The van der Waals surface area contributed by atoms with E-state index in [1.54, 1.807) is 18.1 Å². The molecule has 0 saturated carbocycles. The van der Waals surface area contributed by atoms with Crippen molar-refractivity contribution in [3.05, 3.63) is 124 Å². The van der Waals surface area contributed by atoms with Crippen LogP contribution in [0.25, 0.3) is 0 Å². The molecule has 4 aromatic rings. The van der Waals surface area contributed by atoms with Gasteiger partial charge >= 0.3 is 5.97 Å². The standard InChI is InChI=1S/C38H39Cl2N3O4S/c1-26(44)47-36-37(29-11-16-32(46-2)17-12-29)48-34-25-31(40)15-18-33(34)43(38(36)45)20-6-19-41-21-23-42(24-22-41)35(27-7-4-3-5-8-27)28-9-13-30(39)14-10-28/h3-5,7-18,25,35-37H,6,19-24H2,1-2H3. The van der Waals surface area contributed by atoms with Crippen LogP contribution in [0.5, 0.6) is 5.75 Å². The number of halogens is 2. The number of benzene rings is 4. The molecule has 0 N–H and O–H groups in total. The monoisotopic (exact) mass is 703 g/mol. The molecule has 0 aromatic heterocycles. The Hall–Kier alpha value is -3.53. The zero-order valence-corrected chi connectivity index (χ0v) is 29.4. The van der Waals surface area contributed by atoms with E-state index in [2.05, 4.69) is 52.3 Å². The number of anilines is 1. The van der Waals surface area contributed by atoms with Crippen LogP contribution < -0.4 is 9.64 Å². The summed E-state index contributed by atoms with van der Waals surface area (Å²) in [5.74, 6) is -0.0287. The zero-order valence-electron chi connectivity index (χ0n) is 27.1. The van der Waals surface area contributed by atoms with E-state index in [1.165, 1.54) is 29.8 Å². The summed E-state index contributed by atoms with van der Waals surface area (Å²) in [5.41, 5.74) is 4.13. The van der Waals surface area contributed by atoms with Gasteiger partial charge in [0, 0.05) is 54.6 Å². The Morgan fingerprint density at radius 2 is 1.52 bits per heavy atom. The van der Waals surface area contributed by atoms with E-state index in [1.807, 2.05) is 48.5 Å². The molecule has 0 spiro atoms. The minimum absolute atomic E-state index is 0.151. The van der Waals surface area contributed by atoms with Gasteiger partial charge < -0.3 is 19.3 Å². The highest BCUT2D eigenvalue weighted by Gasteiger charge is 2.41. The maximum absolute atomic E-state index is 14.3. The molecule has 2 aliphatic heterocycles. The van der Waals surface area contributed by atoms with Gasteiger partial charge in [0.15, 0.2) is 6.10 Å². The number of carbonyl (C=O) groups is 2. The third-order valence-electron chi connectivity index (χ3n) is 8.92. The summed E-state index contributed by atoms with van der Waals surface area (Å²) in [7, 11) is 1.61. The number of amides is 1. The Labute approximate surface area is 296 Å². The quantitative estimate of drug-likeness (QED) is 0.156. The predicted molar refractivity (Wildman–Crippen MR) is 193 cm³/mol. The van der Waals surface area contributed by atoms with Gasteiger partial charge in [0.1, 0.15) is 5.75 Å². The van der Waals surface area contributed by atoms with Crippen molar-refractivity contribution < 1.29 is 19.1 Å². The van der Waals surface area contributed by atoms with Crippen LogP contribution in [0.3, 0.4) is 0 Å². The molecule has 0 bridgehead atoms. The van der Waals surface area contributed by atoms with Gasteiger partial charge in [-0.3, -0.25) is 14.5 Å². The molecule has 6 rings (SSSR count). The minimum atomic E-state index is -1.00. The lowest BCUT2D eigenvalue weighted by Crippen LogP contribution is -2.48. The number of hydrogen-bond acceptors (Lipinski definition) is 7. The Kier molecular flexibility index (Phi) is 11.3. The van der Waals surface area contributed by atoms with Crippen LogP contribution in [0.15, 0.2) is 102 Å². The summed E-state index contributed by atoms with van der Waals surface area (Å²) in [6.45, 7) is 6.34. The van der Waals surface area contributed by atoms with Crippen molar-refractivity contribution in [2.24, 2.45) is 0 Å². The molecule has 2 aliphatic rings. The summed E-state index contributed by atoms with van der Waals surface area (Å²) in [5, 5.41) is 0.858. The number of carbonyl (C=O) groups excluding carboxylic acids is 2. The molecule has 1 fully saturated rings. The van der Waals surface area contributed by atoms with Gasteiger partial charge in [-0.25, -0.2) is 0 Å². The minimum Gasteiger partial charge on any atom is -0.497 e. The maximum Gasteiger partial charge on any atom is 0.303 e. The molecule has 7 nitrogen and oxygen atoms in total. The first-order valence-corrected chi connectivity index (χ1v) is 17.8. The number of esters is 1. The number of ether oxygens (including phenoxy) is 2. The van der Waals surface area contributed by atoms with Gasteiger partial charge in [-0.1, -0.05) is 77.8 Å². The lowest BCUT2D eigenvalue weighted by molar-refractivity contribution is -0.152. The molecule has 10 heteroatoms. The zero-order chi connectivity index (χ0) is 33.6. The molecule has 1 amide bonds. The molecule has 0 aliphatic carbocycles. The molecule has 250 valence electrons. The van der Waals surface area contributed by atoms with Crippen LogP contribution in [0.1, 0.15) is 41.3 Å². The first-order chi connectivity index (χ1) is 23.3. The Morgan fingerprint density at radius 3 is 2.19 bits per heavy atom. The average molecular weight is 705 g/mol. The van der Waals surface area contributed by atoms with Gasteiger partial charge in [0.2, 0.25) is 0 Å².